The Morgan fingerprint density at radius 1 is 1.08 bits per heavy atom. The number of benzene rings is 1. The van der Waals surface area contributed by atoms with Crippen molar-refractivity contribution in [1.29, 1.82) is 0 Å². The van der Waals surface area contributed by atoms with Crippen molar-refractivity contribution in [1.82, 2.24) is 10.6 Å². The van der Waals surface area contributed by atoms with Crippen molar-refractivity contribution in [3.63, 3.8) is 0 Å². The molecule has 6 heteroatoms. The molecular formula is C19H32IN3O2. The first-order valence-corrected chi connectivity index (χ1v) is 8.81. The Hall–Kier alpha value is -1.18. The molecule has 2 N–H and O–H groups in total. The molecule has 0 aliphatic heterocycles. The van der Waals surface area contributed by atoms with Crippen LogP contribution in [0.3, 0.4) is 0 Å². The predicted molar refractivity (Wildman–Crippen MR) is 114 cm³/mol. The van der Waals surface area contributed by atoms with Gasteiger partial charge in [-0.05, 0) is 42.4 Å². The normalized spacial score (nSPS) is 20.4. The minimum absolute atomic E-state index is 0. The van der Waals surface area contributed by atoms with Gasteiger partial charge in [0.05, 0.1) is 14.2 Å². The molecule has 1 fully saturated rings. The van der Waals surface area contributed by atoms with Crippen LogP contribution in [-0.2, 0) is 6.54 Å². The summed E-state index contributed by atoms with van der Waals surface area (Å²) in [5, 5.41) is 6.82. The SMILES string of the molecule is CN=C(NCc1ccc(OC)c(OC)c1)NCC1CCC(C)CC1.I. The summed E-state index contributed by atoms with van der Waals surface area (Å²) in [5.74, 6) is 4.00. The number of hydrogen-bond acceptors (Lipinski definition) is 3. The molecule has 0 atom stereocenters. The lowest BCUT2D eigenvalue weighted by atomic mass is 9.83. The number of nitrogens with one attached hydrogen (secondary N) is 2. The van der Waals surface area contributed by atoms with Crippen LogP contribution in [0, 0.1) is 11.8 Å². The minimum Gasteiger partial charge on any atom is -0.493 e. The Morgan fingerprint density at radius 3 is 2.36 bits per heavy atom. The van der Waals surface area contributed by atoms with Gasteiger partial charge < -0.3 is 20.1 Å². The van der Waals surface area contributed by atoms with Crippen LogP contribution in [0.2, 0.25) is 0 Å². The number of aliphatic imine (C=N–C) groups is 1. The number of ether oxygens (including phenoxy) is 2. The van der Waals surface area contributed by atoms with E-state index in [9.17, 15) is 0 Å². The second-order valence-electron chi connectivity index (χ2n) is 6.62. The van der Waals surface area contributed by atoms with E-state index in [1.807, 2.05) is 25.2 Å². The van der Waals surface area contributed by atoms with Gasteiger partial charge in [-0.25, -0.2) is 0 Å². The fourth-order valence-electron chi connectivity index (χ4n) is 3.17. The maximum atomic E-state index is 5.35. The molecule has 2 rings (SSSR count). The molecule has 0 bridgehead atoms. The molecule has 1 saturated carbocycles. The quantitative estimate of drug-likeness (QED) is 0.385. The van der Waals surface area contributed by atoms with Crippen LogP contribution in [0.1, 0.15) is 38.2 Å². The Labute approximate surface area is 169 Å². The molecule has 1 aromatic carbocycles. The van der Waals surface area contributed by atoms with Gasteiger partial charge in [-0.15, -0.1) is 24.0 Å². The van der Waals surface area contributed by atoms with Crippen LogP contribution in [0.15, 0.2) is 23.2 Å². The van der Waals surface area contributed by atoms with E-state index >= 15 is 0 Å². The molecule has 1 aromatic rings. The van der Waals surface area contributed by atoms with Gasteiger partial charge in [0, 0.05) is 20.1 Å². The van der Waals surface area contributed by atoms with Crippen LogP contribution in [0.4, 0.5) is 0 Å². The molecule has 5 nitrogen and oxygen atoms in total. The summed E-state index contributed by atoms with van der Waals surface area (Å²) in [6, 6.07) is 5.95. The zero-order valence-corrected chi connectivity index (χ0v) is 18.1. The number of hydrogen-bond donors (Lipinski definition) is 2. The third kappa shape index (κ3) is 6.92. The Morgan fingerprint density at radius 2 is 1.76 bits per heavy atom. The van der Waals surface area contributed by atoms with E-state index in [0.717, 1.165) is 41.4 Å². The first kappa shape index (κ1) is 21.9. The van der Waals surface area contributed by atoms with Gasteiger partial charge in [0.1, 0.15) is 0 Å². The van der Waals surface area contributed by atoms with E-state index < -0.39 is 0 Å². The lowest BCUT2D eigenvalue weighted by Gasteiger charge is -2.26. The molecule has 1 aliphatic carbocycles. The highest BCUT2D eigenvalue weighted by molar-refractivity contribution is 14.0. The summed E-state index contributed by atoms with van der Waals surface area (Å²) in [6.07, 6.45) is 5.34. The van der Waals surface area contributed by atoms with Crippen molar-refractivity contribution >= 4 is 29.9 Å². The molecule has 0 saturated heterocycles. The molecule has 0 amide bonds. The number of methoxy groups -OCH3 is 2. The van der Waals surface area contributed by atoms with Crippen molar-refractivity contribution < 1.29 is 9.47 Å². The highest BCUT2D eigenvalue weighted by atomic mass is 127. The topological polar surface area (TPSA) is 54.9 Å². The smallest absolute Gasteiger partial charge is 0.191 e. The lowest BCUT2D eigenvalue weighted by Crippen LogP contribution is -2.40. The number of halogens is 1. The average Bonchev–Trinajstić information content (AvgIpc) is 2.63. The molecule has 0 radical (unpaired) electrons. The van der Waals surface area contributed by atoms with Crippen LogP contribution in [-0.4, -0.2) is 33.8 Å². The van der Waals surface area contributed by atoms with Crippen LogP contribution in [0.25, 0.3) is 0 Å². The minimum atomic E-state index is 0. The predicted octanol–water partition coefficient (Wildman–Crippen LogP) is 3.81. The van der Waals surface area contributed by atoms with Crippen LogP contribution >= 0.6 is 24.0 Å². The standard InChI is InChI=1S/C19H31N3O2.HI/c1-14-5-7-15(8-6-14)12-21-19(20-2)22-13-16-9-10-17(23-3)18(11-16)24-4;/h9-11,14-15H,5-8,12-13H2,1-4H3,(H2,20,21,22);1H. The highest BCUT2D eigenvalue weighted by Crippen LogP contribution is 2.28. The van der Waals surface area contributed by atoms with Crippen molar-refractivity contribution in [2.75, 3.05) is 27.8 Å². The summed E-state index contributed by atoms with van der Waals surface area (Å²) in [6.45, 7) is 4.05. The van der Waals surface area contributed by atoms with E-state index in [-0.39, 0.29) is 24.0 Å². The molecule has 142 valence electrons. The van der Waals surface area contributed by atoms with Crippen LogP contribution < -0.4 is 20.1 Å². The maximum Gasteiger partial charge on any atom is 0.191 e. The molecule has 1 aliphatic rings. The molecule has 0 spiro atoms. The third-order valence-corrected chi connectivity index (χ3v) is 4.83. The molecule has 0 heterocycles. The first-order chi connectivity index (χ1) is 11.7. The lowest BCUT2D eigenvalue weighted by molar-refractivity contribution is 0.289. The first-order valence-electron chi connectivity index (χ1n) is 8.81. The van der Waals surface area contributed by atoms with Gasteiger partial charge in [-0.1, -0.05) is 25.8 Å². The third-order valence-electron chi connectivity index (χ3n) is 4.83. The van der Waals surface area contributed by atoms with Crippen molar-refractivity contribution in [3.05, 3.63) is 23.8 Å². The van der Waals surface area contributed by atoms with E-state index in [2.05, 4.69) is 22.5 Å². The summed E-state index contributed by atoms with van der Waals surface area (Å²) in [5.41, 5.74) is 1.13. The molecule has 0 unspecified atom stereocenters. The fourth-order valence-corrected chi connectivity index (χ4v) is 3.17. The molecular weight excluding hydrogens is 429 g/mol. The van der Waals surface area contributed by atoms with Gasteiger partial charge in [0.2, 0.25) is 0 Å². The number of guanidine groups is 1. The molecule has 25 heavy (non-hydrogen) atoms. The summed E-state index contributed by atoms with van der Waals surface area (Å²) < 4.78 is 10.6. The summed E-state index contributed by atoms with van der Waals surface area (Å²) in [4.78, 5) is 4.32. The second kappa shape index (κ2) is 11.4. The van der Waals surface area contributed by atoms with Crippen molar-refractivity contribution in [2.45, 2.75) is 39.2 Å². The Balaban J connectivity index is 0.00000312. The second-order valence-corrected chi connectivity index (χ2v) is 6.62. The van der Waals surface area contributed by atoms with E-state index in [1.54, 1.807) is 14.2 Å². The van der Waals surface area contributed by atoms with Crippen molar-refractivity contribution in [2.24, 2.45) is 16.8 Å². The maximum absolute atomic E-state index is 5.35. The Bertz CT molecular complexity index is 543. The highest BCUT2D eigenvalue weighted by Gasteiger charge is 2.18. The summed E-state index contributed by atoms with van der Waals surface area (Å²) in [7, 11) is 5.11. The van der Waals surface area contributed by atoms with Crippen LogP contribution in [0.5, 0.6) is 11.5 Å². The van der Waals surface area contributed by atoms with Gasteiger partial charge in [-0.3, -0.25) is 4.99 Å². The van der Waals surface area contributed by atoms with Gasteiger partial charge in [0.15, 0.2) is 17.5 Å². The van der Waals surface area contributed by atoms with E-state index in [0.29, 0.717) is 6.54 Å². The molecule has 0 aromatic heterocycles. The zero-order valence-electron chi connectivity index (χ0n) is 15.8. The van der Waals surface area contributed by atoms with E-state index in [4.69, 9.17) is 9.47 Å². The number of nitrogens with zero attached hydrogens (tertiary/aromatic N) is 1. The van der Waals surface area contributed by atoms with Gasteiger partial charge >= 0.3 is 0 Å². The van der Waals surface area contributed by atoms with Crippen molar-refractivity contribution in [3.8, 4) is 11.5 Å². The number of rotatable bonds is 6. The largest absolute Gasteiger partial charge is 0.493 e. The average molecular weight is 461 g/mol. The van der Waals surface area contributed by atoms with Gasteiger partial charge in [0.25, 0.3) is 0 Å². The fraction of sp³-hybridized carbons (Fsp3) is 0.632. The summed E-state index contributed by atoms with van der Waals surface area (Å²) >= 11 is 0. The zero-order chi connectivity index (χ0) is 17.4. The monoisotopic (exact) mass is 461 g/mol. The van der Waals surface area contributed by atoms with E-state index in [1.165, 1.54) is 25.7 Å². The van der Waals surface area contributed by atoms with Gasteiger partial charge in [-0.2, -0.15) is 0 Å². The Kier molecular flexibility index (Phi) is 10.0.